The normalized spacial score (nSPS) is 14.9. The van der Waals surface area contributed by atoms with Crippen molar-refractivity contribution in [3.63, 3.8) is 0 Å². The molecule has 82 valence electrons. The zero-order valence-electron chi connectivity index (χ0n) is 7.93. The van der Waals surface area contributed by atoms with Crippen LogP contribution < -0.4 is 16.4 Å². The summed E-state index contributed by atoms with van der Waals surface area (Å²) in [6.07, 6.45) is 2.74. The molecule has 7 heteroatoms. The van der Waals surface area contributed by atoms with Crippen LogP contribution >= 0.6 is 12.4 Å². The van der Waals surface area contributed by atoms with Crippen molar-refractivity contribution in [2.24, 2.45) is 0 Å². The van der Waals surface area contributed by atoms with Crippen LogP contribution in [0, 0.1) is 0 Å². The average molecular weight is 230 g/mol. The van der Waals surface area contributed by atoms with E-state index in [2.05, 4.69) is 20.6 Å². The number of hydrogen-bond donors (Lipinski definition) is 3. The van der Waals surface area contributed by atoms with Crippen molar-refractivity contribution in [3.8, 4) is 0 Å². The van der Waals surface area contributed by atoms with E-state index in [4.69, 9.17) is 5.73 Å². The average Bonchev–Trinajstić information content (AvgIpc) is 2.12. The molecule has 0 aromatic carbocycles. The van der Waals surface area contributed by atoms with Gasteiger partial charge in [-0.05, 0) is 0 Å². The maximum absolute atomic E-state index is 11.5. The number of nitrogens with zero attached hydrogens (tertiary/aromatic N) is 2. The van der Waals surface area contributed by atoms with Crippen LogP contribution in [0.4, 0.5) is 5.82 Å². The molecule has 1 aromatic rings. The summed E-state index contributed by atoms with van der Waals surface area (Å²) in [6.45, 7) is 1.63. The lowest BCUT2D eigenvalue weighted by atomic mass is 10.2. The number of rotatable bonds is 2. The van der Waals surface area contributed by atoms with E-state index in [1.54, 1.807) is 0 Å². The van der Waals surface area contributed by atoms with E-state index >= 15 is 0 Å². The van der Waals surface area contributed by atoms with Crippen molar-refractivity contribution in [2.45, 2.75) is 6.04 Å². The largest absolute Gasteiger partial charge is 0.382 e. The zero-order chi connectivity index (χ0) is 9.97. The molecule has 0 atom stereocenters. The highest BCUT2D eigenvalue weighted by Crippen LogP contribution is 1.98. The molecule has 1 saturated heterocycles. The van der Waals surface area contributed by atoms with Gasteiger partial charge in [-0.25, -0.2) is 9.97 Å². The van der Waals surface area contributed by atoms with Crippen molar-refractivity contribution in [2.75, 3.05) is 18.8 Å². The molecule has 1 fully saturated rings. The van der Waals surface area contributed by atoms with Gasteiger partial charge in [0.2, 0.25) is 0 Å². The molecule has 1 aliphatic rings. The molecule has 0 spiro atoms. The third-order valence-electron chi connectivity index (χ3n) is 2.02. The fourth-order valence-electron chi connectivity index (χ4n) is 1.11. The molecule has 15 heavy (non-hydrogen) atoms. The minimum atomic E-state index is -0.205. The van der Waals surface area contributed by atoms with Gasteiger partial charge in [-0.15, -0.1) is 12.4 Å². The van der Waals surface area contributed by atoms with Crippen LogP contribution in [-0.4, -0.2) is 35.0 Å². The lowest BCUT2D eigenvalue weighted by Crippen LogP contribution is -2.57. The first-order valence-electron chi connectivity index (χ1n) is 4.35. The van der Waals surface area contributed by atoms with Gasteiger partial charge in [0.15, 0.2) is 0 Å². The van der Waals surface area contributed by atoms with Gasteiger partial charge in [-0.3, -0.25) is 4.79 Å². The summed E-state index contributed by atoms with van der Waals surface area (Å²) < 4.78 is 0. The zero-order valence-corrected chi connectivity index (χ0v) is 8.75. The third-order valence-corrected chi connectivity index (χ3v) is 2.02. The Labute approximate surface area is 93.1 Å². The number of nitrogen functional groups attached to an aromatic ring is 1. The van der Waals surface area contributed by atoms with Gasteiger partial charge in [-0.2, -0.15) is 0 Å². The maximum Gasteiger partial charge on any atom is 0.271 e. The molecular weight excluding hydrogens is 218 g/mol. The van der Waals surface area contributed by atoms with Gasteiger partial charge < -0.3 is 16.4 Å². The monoisotopic (exact) mass is 229 g/mol. The standard InChI is InChI=1S/C8H11N5O.ClH/c9-7-4-11-6(3-12-7)8(14)13-5-1-10-2-5;/h3-5,10H,1-2H2,(H2,9,12)(H,13,14);1H. The summed E-state index contributed by atoms with van der Waals surface area (Å²) in [4.78, 5) is 19.1. The summed E-state index contributed by atoms with van der Waals surface area (Å²) in [5.74, 6) is 0.107. The molecule has 1 amide bonds. The number of amides is 1. The molecule has 6 nitrogen and oxygen atoms in total. The molecule has 4 N–H and O–H groups in total. The van der Waals surface area contributed by atoms with Crippen LogP contribution in [0.1, 0.15) is 10.5 Å². The number of nitrogens with two attached hydrogens (primary N) is 1. The van der Waals surface area contributed by atoms with Crippen molar-refractivity contribution in [1.29, 1.82) is 0 Å². The number of carbonyl (C=O) groups excluding carboxylic acids is 1. The molecule has 1 aromatic heterocycles. The van der Waals surface area contributed by atoms with E-state index in [1.165, 1.54) is 12.4 Å². The van der Waals surface area contributed by atoms with Crippen LogP contribution in [0.25, 0.3) is 0 Å². The van der Waals surface area contributed by atoms with Crippen LogP contribution in [0.2, 0.25) is 0 Å². The predicted octanol–water partition coefficient (Wildman–Crippen LogP) is -0.818. The minimum Gasteiger partial charge on any atom is -0.382 e. The predicted molar refractivity (Wildman–Crippen MR) is 57.8 cm³/mol. The first-order valence-corrected chi connectivity index (χ1v) is 4.35. The first kappa shape index (κ1) is 11.7. The number of halogens is 1. The molecule has 0 radical (unpaired) electrons. The van der Waals surface area contributed by atoms with E-state index in [1.807, 2.05) is 0 Å². The van der Waals surface area contributed by atoms with Gasteiger partial charge in [-0.1, -0.05) is 0 Å². The van der Waals surface area contributed by atoms with Gasteiger partial charge in [0, 0.05) is 13.1 Å². The molecule has 0 unspecified atom stereocenters. The fraction of sp³-hybridized carbons (Fsp3) is 0.375. The SMILES string of the molecule is Cl.Nc1cnc(C(=O)NC2CNC2)cn1. The van der Waals surface area contributed by atoms with Gasteiger partial charge in [0.05, 0.1) is 18.4 Å². The Morgan fingerprint density at radius 2 is 2.20 bits per heavy atom. The molecule has 2 rings (SSSR count). The lowest BCUT2D eigenvalue weighted by molar-refractivity contribution is 0.0918. The number of anilines is 1. The number of carbonyl (C=O) groups is 1. The minimum absolute atomic E-state index is 0. The van der Waals surface area contributed by atoms with Crippen molar-refractivity contribution in [3.05, 3.63) is 18.1 Å². The Bertz CT molecular complexity index is 337. The highest BCUT2D eigenvalue weighted by molar-refractivity contribution is 5.92. The smallest absolute Gasteiger partial charge is 0.271 e. The van der Waals surface area contributed by atoms with Crippen LogP contribution in [0.5, 0.6) is 0 Å². The summed E-state index contributed by atoms with van der Waals surface area (Å²) in [7, 11) is 0. The van der Waals surface area contributed by atoms with E-state index in [9.17, 15) is 4.79 Å². The Balaban J connectivity index is 0.00000112. The molecular formula is C8H12ClN5O. The Kier molecular flexibility index (Phi) is 3.81. The Morgan fingerprint density at radius 3 is 2.67 bits per heavy atom. The van der Waals surface area contributed by atoms with Crippen LogP contribution in [0.3, 0.4) is 0 Å². The molecule has 0 aliphatic carbocycles. The summed E-state index contributed by atoms with van der Waals surface area (Å²) in [5.41, 5.74) is 5.65. The molecule has 0 saturated carbocycles. The lowest BCUT2D eigenvalue weighted by Gasteiger charge is -2.27. The van der Waals surface area contributed by atoms with Gasteiger partial charge in [0.1, 0.15) is 11.5 Å². The number of hydrogen-bond acceptors (Lipinski definition) is 5. The maximum atomic E-state index is 11.5. The van der Waals surface area contributed by atoms with Crippen LogP contribution in [0.15, 0.2) is 12.4 Å². The molecule has 0 bridgehead atoms. The quantitative estimate of drug-likeness (QED) is 0.616. The topological polar surface area (TPSA) is 92.9 Å². The third kappa shape index (κ3) is 2.77. The van der Waals surface area contributed by atoms with E-state index in [-0.39, 0.29) is 24.4 Å². The molecule has 1 aliphatic heterocycles. The van der Waals surface area contributed by atoms with Crippen molar-refractivity contribution < 1.29 is 4.79 Å². The second-order valence-corrected chi connectivity index (χ2v) is 3.16. The van der Waals surface area contributed by atoms with Crippen LogP contribution in [-0.2, 0) is 0 Å². The van der Waals surface area contributed by atoms with E-state index in [0.717, 1.165) is 13.1 Å². The summed E-state index contributed by atoms with van der Waals surface area (Å²) in [5, 5.41) is 5.86. The Morgan fingerprint density at radius 1 is 1.47 bits per heavy atom. The fourth-order valence-corrected chi connectivity index (χ4v) is 1.11. The van der Waals surface area contributed by atoms with E-state index in [0.29, 0.717) is 11.5 Å². The second kappa shape index (κ2) is 4.90. The van der Waals surface area contributed by atoms with Gasteiger partial charge in [0.25, 0.3) is 5.91 Å². The second-order valence-electron chi connectivity index (χ2n) is 3.16. The van der Waals surface area contributed by atoms with E-state index < -0.39 is 0 Å². The molecule has 2 heterocycles. The Hall–Kier alpha value is -1.40. The summed E-state index contributed by atoms with van der Waals surface area (Å²) >= 11 is 0. The highest BCUT2D eigenvalue weighted by Gasteiger charge is 2.19. The van der Waals surface area contributed by atoms with Gasteiger partial charge >= 0.3 is 0 Å². The van der Waals surface area contributed by atoms with Crippen molar-refractivity contribution in [1.82, 2.24) is 20.6 Å². The highest BCUT2D eigenvalue weighted by atomic mass is 35.5. The first-order chi connectivity index (χ1) is 6.75. The number of aromatic nitrogens is 2. The number of nitrogens with one attached hydrogen (secondary N) is 2. The van der Waals surface area contributed by atoms with Crippen molar-refractivity contribution >= 4 is 24.1 Å². The summed E-state index contributed by atoms with van der Waals surface area (Å²) in [6, 6.07) is 0.210.